The normalized spacial score (nSPS) is 22.3. The van der Waals surface area contributed by atoms with Gasteiger partial charge < -0.3 is 10.6 Å². The lowest BCUT2D eigenvalue weighted by molar-refractivity contribution is 0.0574. The van der Waals surface area contributed by atoms with E-state index in [1.165, 1.54) is 0 Å². The van der Waals surface area contributed by atoms with Crippen molar-refractivity contribution in [1.82, 2.24) is 4.90 Å². The number of amides is 1. The van der Waals surface area contributed by atoms with E-state index in [9.17, 15) is 4.79 Å². The summed E-state index contributed by atoms with van der Waals surface area (Å²) in [5, 5.41) is 0.489. The molecule has 0 aromatic heterocycles. The van der Waals surface area contributed by atoms with Crippen molar-refractivity contribution in [3.05, 3.63) is 33.3 Å². The van der Waals surface area contributed by atoms with Crippen LogP contribution in [0.15, 0.2) is 22.7 Å². The maximum absolute atomic E-state index is 12.6. The third kappa shape index (κ3) is 3.88. The van der Waals surface area contributed by atoms with Crippen molar-refractivity contribution in [2.75, 3.05) is 13.1 Å². The van der Waals surface area contributed by atoms with Gasteiger partial charge in [0, 0.05) is 23.6 Å². The molecule has 2 unspecified atom stereocenters. The van der Waals surface area contributed by atoms with Crippen molar-refractivity contribution >= 4 is 45.8 Å². The van der Waals surface area contributed by atoms with Crippen LogP contribution in [-0.4, -0.2) is 29.9 Å². The van der Waals surface area contributed by atoms with E-state index in [1.54, 1.807) is 12.1 Å². The van der Waals surface area contributed by atoms with E-state index < -0.39 is 0 Å². The number of nitrogens with two attached hydrogens (primary N) is 1. The first-order valence-electron chi connectivity index (χ1n) is 6.49. The standard InChI is InChI=1S/C14H18BrClN2O.ClH/c1-9-4-5-18(11(6-9)8-17)14(19)12-7-10(15)2-3-13(12)16;/h2-3,7,9,11H,4-6,8,17H2,1H3;1H. The molecule has 1 heterocycles. The zero-order valence-corrected chi connectivity index (χ0v) is 14.5. The predicted molar refractivity (Wildman–Crippen MR) is 88.7 cm³/mol. The molecule has 2 rings (SSSR count). The van der Waals surface area contributed by atoms with E-state index in [1.807, 2.05) is 11.0 Å². The lowest BCUT2D eigenvalue weighted by atomic mass is 9.92. The lowest BCUT2D eigenvalue weighted by Crippen LogP contribution is -2.49. The molecule has 1 aliphatic heterocycles. The number of carbonyl (C=O) groups excluding carboxylic acids is 1. The summed E-state index contributed by atoms with van der Waals surface area (Å²) >= 11 is 9.51. The molecular formula is C14H19BrCl2N2O. The van der Waals surface area contributed by atoms with Gasteiger partial charge >= 0.3 is 0 Å². The summed E-state index contributed by atoms with van der Waals surface area (Å²) in [6, 6.07) is 5.46. The molecule has 0 aliphatic carbocycles. The largest absolute Gasteiger partial charge is 0.334 e. The van der Waals surface area contributed by atoms with Crippen LogP contribution in [0, 0.1) is 5.92 Å². The van der Waals surface area contributed by atoms with Gasteiger partial charge in [-0.05, 0) is 37.0 Å². The zero-order valence-electron chi connectivity index (χ0n) is 11.3. The quantitative estimate of drug-likeness (QED) is 0.848. The Kier molecular flexibility index (Phi) is 6.79. The Balaban J connectivity index is 0.00000200. The molecule has 2 atom stereocenters. The molecule has 0 spiro atoms. The molecule has 1 aromatic carbocycles. The fourth-order valence-electron chi connectivity index (χ4n) is 2.56. The average Bonchev–Trinajstić information content (AvgIpc) is 2.40. The molecule has 0 saturated carbocycles. The molecule has 1 aromatic rings. The summed E-state index contributed by atoms with van der Waals surface area (Å²) in [5.41, 5.74) is 6.35. The number of benzene rings is 1. The Bertz CT molecular complexity index is 484. The monoisotopic (exact) mass is 380 g/mol. The molecule has 1 saturated heterocycles. The molecule has 1 aliphatic rings. The second-order valence-corrected chi connectivity index (χ2v) is 6.46. The topological polar surface area (TPSA) is 46.3 Å². The minimum absolute atomic E-state index is 0. The van der Waals surface area contributed by atoms with Crippen molar-refractivity contribution in [3.63, 3.8) is 0 Å². The highest BCUT2D eigenvalue weighted by atomic mass is 79.9. The smallest absolute Gasteiger partial charge is 0.255 e. The number of carbonyl (C=O) groups is 1. The van der Waals surface area contributed by atoms with Gasteiger partial charge in [-0.25, -0.2) is 0 Å². The van der Waals surface area contributed by atoms with Gasteiger partial charge in [0.1, 0.15) is 0 Å². The highest BCUT2D eigenvalue weighted by Crippen LogP contribution is 2.27. The zero-order chi connectivity index (χ0) is 14.0. The SMILES string of the molecule is CC1CCN(C(=O)c2cc(Br)ccc2Cl)C(CN)C1.Cl. The number of likely N-dealkylation sites (tertiary alicyclic amines) is 1. The first kappa shape index (κ1) is 17.8. The van der Waals surface area contributed by atoms with Gasteiger partial charge in [-0.3, -0.25) is 4.79 Å². The molecule has 0 radical (unpaired) electrons. The number of hydrogen-bond donors (Lipinski definition) is 1. The Morgan fingerprint density at radius 3 is 2.90 bits per heavy atom. The molecule has 2 N–H and O–H groups in total. The van der Waals surface area contributed by atoms with E-state index in [2.05, 4.69) is 22.9 Å². The van der Waals surface area contributed by atoms with E-state index in [-0.39, 0.29) is 24.4 Å². The fraction of sp³-hybridized carbons (Fsp3) is 0.500. The highest BCUT2D eigenvalue weighted by Gasteiger charge is 2.30. The maximum atomic E-state index is 12.6. The molecule has 0 bridgehead atoms. The lowest BCUT2D eigenvalue weighted by Gasteiger charge is -2.38. The second kappa shape index (κ2) is 7.64. The predicted octanol–water partition coefficient (Wildman–Crippen LogP) is 3.72. The first-order chi connectivity index (χ1) is 9.02. The van der Waals surface area contributed by atoms with Crippen LogP contribution in [0.3, 0.4) is 0 Å². The van der Waals surface area contributed by atoms with Crippen LogP contribution in [-0.2, 0) is 0 Å². The summed E-state index contributed by atoms with van der Waals surface area (Å²) in [6.45, 7) is 3.46. The van der Waals surface area contributed by atoms with Gasteiger partial charge in [-0.1, -0.05) is 34.5 Å². The Morgan fingerprint density at radius 1 is 1.55 bits per heavy atom. The van der Waals surface area contributed by atoms with Crippen LogP contribution < -0.4 is 5.73 Å². The van der Waals surface area contributed by atoms with E-state index in [0.717, 1.165) is 23.9 Å². The van der Waals surface area contributed by atoms with Crippen LogP contribution in [0.5, 0.6) is 0 Å². The van der Waals surface area contributed by atoms with E-state index in [4.69, 9.17) is 17.3 Å². The molecule has 1 amide bonds. The van der Waals surface area contributed by atoms with Crippen molar-refractivity contribution in [2.45, 2.75) is 25.8 Å². The summed E-state index contributed by atoms with van der Waals surface area (Å²) < 4.78 is 0.856. The second-order valence-electron chi connectivity index (χ2n) is 5.14. The Morgan fingerprint density at radius 2 is 2.25 bits per heavy atom. The van der Waals surface area contributed by atoms with Crippen LogP contribution in [0.2, 0.25) is 5.02 Å². The summed E-state index contributed by atoms with van der Waals surface area (Å²) in [5.74, 6) is 0.601. The van der Waals surface area contributed by atoms with Crippen molar-refractivity contribution in [1.29, 1.82) is 0 Å². The maximum Gasteiger partial charge on any atom is 0.255 e. The van der Waals surface area contributed by atoms with Gasteiger partial charge in [0.15, 0.2) is 0 Å². The van der Waals surface area contributed by atoms with Crippen LogP contribution in [0.1, 0.15) is 30.1 Å². The minimum atomic E-state index is -0.0198. The summed E-state index contributed by atoms with van der Waals surface area (Å²) in [7, 11) is 0. The van der Waals surface area contributed by atoms with Gasteiger partial charge in [-0.2, -0.15) is 0 Å². The van der Waals surface area contributed by atoms with E-state index in [0.29, 0.717) is 23.0 Å². The van der Waals surface area contributed by atoms with Crippen LogP contribution >= 0.6 is 39.9 Å². The van der Waals surface area contributed by atoms with Gasteiger partial charge in [0.2, 0.25) is 0 Å². The van der Waals surface area contributed by atoms with Crippen molar-refractivity contribution in [3.8, 4) is 0 Å². The molecule has 20 heavy (non-hydrogen) atoms. The molecule has 1 fully saturated rings. The summed E-state index contributed by atoms with van der Waals surface area (Å²) in [4.78, 5) is 14.5. The van der Waals surface area contributed by atoms with Crippen molar-refractivity contribution in [2.24, 2.45) is 11.7 Å². The fourth-order valence-corrected chi connectivity index (χ4v) is 3.12. The number of hydrogen-bond acceptors (Lipinski definition) is 2. The average molecular weight is 382 g/mol. The van der Waals surface area contributed by atoms with Gasteiger partial charge in [0.25, 0.3) is 5.91 Å². The van der Waals surface area contributed by atoms with Crippen molar-refractivity contribution < 1.29 is 4.79 Å². The van der Waals surface area contributed by atoms with Gasteiger partial charge in [-0.15, -0.1) is 12.4 Å². The number of piperidine rings is 1. The van der Waals surface area contributed by atoms with E-state index >= 15 is 0 Å². The number of rotatable bonds is 2. The molecule has 112 valence electrons. The Labute approximate surface area is 139 Å². The van der Waals surface area contributed by atoms with Crippen LogP contribution in [0.25, 0.3) is 0 Å². The van der Waals surface area contributed by atoms with Gasteiger partial charge in [0.05, 0.1) is 10.6 Å². The third-order valence-corrected chi connectivity index (χ3v) is 4.49. The number of nitrogens with zero attached hydrogens (tertiary/aromatic N) is 1. The molecular weight excluding hydrogens is 363 g/mol. The Hall–Kier alpha value is -0.290. The molecule has 3 nitrogen and oxygen atoms in total. The molecule has 6 heteroatoms. The number of halogens is 3. The third-order valence-electron chi connectivity index (χ3n) is 3.67. The van der Waals surface area contributed by atoms with Crippen LogP contribution in [0.4, 0.5) is 0 Å². The summed E-state index contributed by atoms with van der Waals surface area (Å²) in [6.07, 6.45) is 1.99. The highest BCUT2D eigenvalue weighted by molar-refractivity contribution is 9.10. The first-order valence-corrected chi connectivity index (χ1v) is 7.66. The minimum Gasteiger partial charge on any atom is -0.334 e.